The number of rotatable bonds is 7. The summed E-state index contributed by atoms with van der Waals surface area (Å²) in [6, 6.07) is 25.7. The average Bonchev–Trinajstić information content (AvgIpc) is 2.79. The first-order chi connectivity index (χ1) is 14.6. The largest absolute Gasteiger partial charge is 0.464 e. The minimum atomic E-state index is -0.849. The maximum atomic E-state index is 13.1. The van der Waals surface area contributed by atoms with Crippen LogP contribution in [0.5, 0.6) is 0 Å². The van der Waals surface area contributed by atoms with Crippen molar-refractivity contribution in [2.24, 2.45) is 0 Å². The summed E-state index contributed by atoms with van der Waals surface area (Å²) in [4.78, 5) is 27.0. The van der Waals surface area contributed by atoms with Crippen molar-refractivity contribution in [1.82, 2.24) is 0 Å². The SMILES string of the molecule is CCOC(=O)[C@H](C)N(C(=O)OCc1ccccc1)c1ccccc1-c1ccccc1. The zero-order chi connectivity index (χ0) is 21.3. The number of amides is 1. The highest BCUT2D eigenvalue weighted by molar-refractivity contribution is 5.99. The van der Waals surface area contributed by atoms with E-state index in [-0.39, 0.29) is 13.2 Å². The third-order valence-electron chi connectivity index (χ3n) is 4.67. The number of nitrogens with zero attached hydrogens (tertiary/aromatic N) is 1. The van der Waals surface area contributed by atoms with Crippen molar-refractivity contribution in [1.29, 1.82) is 0 Å². The number of ether oxygens (including phenoxy) is 2. The molecule has 5 heteroatoms. The van der Waals surface area contributed by atoms with Gasteiger partial charge in [-0.1, -0.05) is 78.9 Å². The molecule has 0 aromatic heterocycles. The van der Waals surface area contributed by atoms with Crippen LogP contribution >= 0.6 is 0 Å². The highest BCUT2D eigenvalue weighted by Gasteiger charge is 2.31. The van der Waals surface area contributed by atoms with Gasteiger partial charge in [0.2, 0.25) is 0 Å². The molecule has 0 saturated heterocycles. The van der Waals surface area contributed by atoms with E-state index in [0.717, 1.165) is 16.7 Å². The Morgan fingerprint density at radius 2 is 1.43 bits per heavy atom. The van der Waals surface area contributed by atoms with Gasteiger partial charge < -0.3 is 9.47 Å². The van der Waals surface area contributed by atoms with E-state index in [4.69, 9.17) is 9.47 Å². The van der Waals surface area contributed by atoms with E-state index in [0.29, 0.717) is 5.69 Å². The van der Waals surface area contributed by atoms with E-state index in [1.807, 2.05) is 84.9 Å². The Morgan fingerprint density at radius 3 is 2.10 bits per heavy atom. The molecule has 154 valence electrons. The fourth-order valence-electron chi connectivity index (χ4n) is 3.17. The fraction of sp³-hybridized carbons (Fsp3) is 0.200. The molecular formula is C25H25NO4. The zero-order valence-electron chi connectivity index (χ0n) is 17.2. The molecule has 3 aromatic rings. The van der Waals surface area contributed by atoms with E-state index in [1.165, 1.54) is 4.90 Å². The number of hydrogen-bond donors (Lipinski definition) is 0. The van der Waals surface area contributed by atoms with Crippen LogP contribution in [-0.2, 0) is 20.9 Å². The lowest BCUT2D eigenvalue weighted by atomic mass is 10.0. The van der Waals surface area contributed by atoms with Crippen LogP contribution in [0.25, 0.3) is 11.1 Å². The molecule has 0 radical (unpaired) electrons. The van der Waals surface area contributed by atoms with E-state index in [2.05, 4.69) is 0 Å². The van der Waals surface area contributed by atoms with Crippen LogP contribution in [0.1, 0.15) is 19.4 Å². The lowest BCUT2D eigenvalue weighted by molar-refractivity contribution is -0.144. The Kier molecular flexibility index (Phi) is 7.22. The fourth-order valence-corrected chi connectivity index (χ4v) is 3.17. The van der Waals surface area contributed by atoms with Gasteiger partial charge in [0.25, 0.3) is 0 Å². The van der Waals surface area contributed by atoms with Gasteiger partial charge in [-0.15, -0.1) is 0 Å². The first-order valence-electron chi connectivity index (χ1n) is 9.92. The summed E-state index contributed by atoms with van der Waals surface area (Å²) in [5.41, 5.74) is 3.21. The maximum absolute atomic E-state index is 13.1. The van der Waals surface area contributed by atoms with Gasteiger partial charge in [-0.2, -0.15) is 0 Å². The molecule has 0 N–H and O–H groups in total. The lowest BCUT2D eigenvalue weighted by Gasteiger charge is -2.29. The molecule has 0 fully saturated rings. The molecule has 0 unspecified atom stereocenters. The number of benzene rings is 3. The molecular weight excluding hydrogens is 378 g/mol. The Balaban J connectivity index is 1.96. The topological polar surface area (TPSA) is 55.8 Å². The van der Waals surface area contributed by atoms with E-state index >= 15 is 0 Å². The van der Waals surface area contributed by atoms with Gasteiger partial charge in [-0.05, 0) is 31.0 Å². The minimum Gasteiger partial charge on any atom is -0.464 e. The quantitative estimate of drug-likeness (QED) is 0.492. The predicted molar refractivity (Wildman–Crippen MR) is 117 cm³/mol. The Hall–Kier alpha value is -3.60. The third-order valence-corrected chi connectivity index (χ3v) is 4.67. The summed E-state index contributed by atoms with van der Waals surface area (Å²) < 4.78 is 10.7. The molecule has 0 aliphatic carbocycles. The smallest absolute Gasteiger partial charge is 0.415 e. The average molecular weight is 403 g/mol. The highest BCUT2D eigenvalue weighted by Crippen LogP contribution is 2.32. The first kappa shape index (κ1) is 21.1. The Labute approximate surface area is 176 Å². The van der Waals surface area contributed by atoms with Crippen molar-refractivity contribution in [3.8, 4) is 11.1 Å². The van der Waals surface area contributed by atoms with Crippen molar-refractivity contribution >= 4 is 17.7 Å². The summed E-state index contributed by atoms with van der Waals surface area (Å²) in [7, 11) is 0. The van der Waals surface area contributed by atoms with E-state index < -0.39 is 18.1 Å². The van der Waals surface area contributed by atoms with E-state index in [9.17, 15) is 9.59 Å². The zero-order valence-corrected chi connectivity index (χ0v) is 17.2. The number of carbonyl (C=O) groups is 2. The molecule has 0 heterocycles. The number of para-hydroxylation sites is 1. The van der Waals surface area contributed by atoms with Gasteiger partial charge in [-0.25, -0.2) is 9.59 Å². The van der Waals surface area contributed by atoms with Crippen LogP contribution in [0.3, 0.4) is 0 Å². The third kappa shape index (κ3) is 5.06. The van der Waals surface area contributed by atoms with Gasteiger partial charge in [0.15, 0.2) is 0 Å². The summed E-state index contributed by atoms with van der Waals surface area (Å²) >= 11 is 0. The molecule has 1 atom stereocenters. The number of esters is 1. The molecule has 0 saturated carbocycles. The van der Waals surface area contributed by atoms with Gasteiger partial charge >= 0.3 is 12.1 Å². The standard InChI is InChI=1S/C25H25NO4/c1-3-29-24(27)19(2)26(25(28)30-18-20-12-6-4-7-13-20)23-17-11-10-16-22(23)21-14-8-5-9-15-21/h4-17,19H,3,18H2,1-2H3/t19-/m0/s1. The van der Waals surface area contributed by atoms with Gasteiger partial charge in [-0.3, -0.25) is 4.90 Å². The lowest BCUT2D eigenvalue weighted by Crippen LogP contribution is -2.45. The van der Waals surface area contributed by atoms with Crippen molar-refractivity contribution in [3.63, 3.8) is 0 Å². The van der Waals surface area contributed by atoms with Gasteiger partial charge in [0.1, 0.15) is 12.6 Å². The number of anilines is 1. The maximum Gasteiger partial charge on any atom is 0.415 e. The molecule has 3 rings (SSSR count). The van der Waals surface area contributed by atoms with Crippen molar-refractivity contribution in [2.75, 3.05) is 11.5 Å². The van der Waals surface area contributed by atoms with Gasteiger partial charge in [0.05, 0.1) is 12.3 Å². The molecule has 5 nitrogen and oxygen atoms in total. The monoisotopic (exact) mass is 403 g/mol. The summed E-state index contributed by atoms with van der Waals surface area (Å²) in [5, 5.41) is 0. The number of carbonyl (C=O) groups excluding carboxylic acids is 2. The molecule has 0 aliphatic heterocycles. The highest BCUT2D eigenvalue weighted by atomic mass is 16.6. The first-order valence-corrected chi connectivity index (χ1v) is 9.92. The van der Waals surface area contributed by atoms with Crippen LogP contribution in [0.4, 0.5) is 10.5 Å². The van der Waals surface area contributed by atoms with Crippen LogP contribution in [0, 0.1) is 0 Å². The predicted octanol–water partition coefficient (Wildman–Crippen LogP) is 5.45. The summed E-state index contributed by atoms with van der Waals surface area (Å²) in [6.07, 6.45) is -0.609. The van der Waals surface area contributed by atoms with Crippen LogP contribution in [0.15, 0.2) is 84.9 Å². The summed E-state index contributed by atoms with van der Waals surface area (Å²) in [6.45, 7) is 3.72. The van der Waals surface area contributed by atoms with Crippen molar-refractivity contribution in [3.05, 3.63) is 90.5 Å². The molecule has 1 amide bonds. The second kappa shape index (κ2) is 10.3. The van der Waals surface area contributed by atoms with Crippen molar-refractivity contribution in [2.45, 2.75) is 26.5 Å². The molecule has 0 spiro atoms. The van der Waals surface area contributed by atoms with Crippen LogP contribution < -0.4 is 4.90 Å². The van der Waals surface area contributed by atoms with Gasteiger partial charge in [0, 0.05) is 5.56 Å². The van der Waals surface area contributed by atoms with Crippen molar-refractivity contribution < 1.29 is 19.1 Å². The second-order valence-electron chi connectivity index (χ2n) is 6.72. The Bertz CT molecular complexity index is 973. The molecule has 30 heavy (non-hydrogen) atoms. The van der Waals surface area contributed by atoms with Crippen LogP contribution in [0.2, 0.25) is 0 Å². The number of hydrogen-bond acceptors (Lipinski definition) is 4. The second-order valence-corrected chi connectivity index (χ2v) is 6.72. The normalized spacial score (nSPS) is 11.4. The molecule has 0 aliphatic rings. The Morgan fingerprint density at radius 1 is 0.833 bits per heavy atom. The van der Waals surface area contributed by atoms with Crippen LogP contribution in [-0.4, -0.2) is 24.7 Å². The minimum absolute atomic E-state index is 0.110. The van der Waals surface area contributed by atoms with E-state index in [1.54, 1.807) is 13.8 Å². The molecule has 3 aromatic carbocycles. The summed E-state index contributed by atoms with van der Waals surface area (Å²) in [5.74, 6) is -0.489. The molecule has 0 bridgehead atoms.